The molecule has 0 aliphatic carbocycles. The number of methoxy groups -OCH3 is 2. The van der Waals surface area contributed by atoms with E-state index in [-0.39, 0.29) is 6.04 Å². The van der Waals surface area contributed by atoms with Crippen molar-refractivity contribution in [1.29, 1.82) is 0 Å². The van der Waals surface area contributed by atoms with Gasteiger partial charge >= 0.3 is 0 Å². The van der Waals surface area contributed by atoms with Crippen molar-refractivity contribution in [1.82, 2.24) is 0 Å². The summed E-state index contributed by atoms with van der Waals surface area (Å²) in [6, 6.07) is 16.0. The van der Waals surface area contributed by atoms with Gasteiger partial charge < -0.3 is 14.8 Å². The Labute approximate surface area is 114 Å². The molecule has 2 rings (SSSR count). The van der Waals surface area contributed by atoms with Gasteiger partial charge in [0.1, 0.15) is 11.5 Å². The van der Waals surface area contributed by atoms with Gasteiger partial charge in [-0.05, 0) is 25.1 Å². The molecule has 0 saturated carbocycles. The lowest BCUT2D eigenvalue weighted by Crippen LogP contribution is -2.08. The van der Waals surface area contributed by atoms with Crippen LogP contribution >= 0.6 is 0 Å². The fraction of sp³-hybridized carbons (Fsp3) is 0.250. The first-order chi connectivity index (χ1) is 9.26. The maximum absolute atomic E-state index is 5.39. The lowest BCUT2D eigenvalue weighted by atomic mass is 10.1. The van der Waals surface area contributed by atoms with Crippen LogP contribution < -0.4 is 14.8 Å². The fourth-order valence-corrected chi connectivity index (χ4v) is 2.10. The molecule has 0 fully saturated rings. The lowest BCUT2D eigenvalue weighted by Gasteiger charge is -2.19. The minimum Gasteiger partial charge on any atom is -0.496 e. The van der Waals surface area contributed by atoms with Crippen LogP contribution in [-0.2, 0) is 0 Å². The summed E-state index contributed by atoms with van der Waals surface area (Å²) >= 11 is 0. The summed E-state index contributed by atoms with van der Waals surface area (Å²) in [7, 11) is 3.36. The number of nitrogens with one attached hydrogen (secondary N) is 1. The molecule has 0 saturated heterocycles. The molecule has 100 valence electrons. The van der Waals surface area contributed by atoms with Crippen LogP contribution in [-0.4, -0.2) is 14.2 Å². The van der Waals surface area contributed by atoms with Crippen LogP contribution in [0.3, 0.4) is 0 Å². The molecule has 1 unspecified atom stereocenters. The average Bonchev–Trinajstić information content (AvgIpc) is 2.47. The molecule has 3 nitrogen and oxygen atoms in total. The van der Waals surface area contributed by atoms with E-state index in [1.165, 1.54) is 0 Å². The Morgan fingerprint density at radius 3 is 2.11 bits per heavy atom. The van der Waals surface area contributed by atoms with Crippen molar-refractivity contribution in [2.75, 3.05) is 19.5 Å². The highest BCUT2D eigenvalue weighted by Crippen LogP contribution is 2.31. The van der Waals surface area contributed by atoms with E-state index in [2.05, 4.69) is 18.3 Å². The second-order valence-electron chi connectivity index (χ2n) is 4.31. The molecular weight excluding hydrogens is 238 g/mol. The van der Waals surface area contributed by atoms with E-state index in [1.54, 1.807) is 14.2 Å². The molecule has 1 N–H and O–H groups in total. The van der Waals surface area contributed by atoms with E-state index < -0.39 is 0 Å². The lowest BCUT2D eigenvalue weighted by molar-refractivity contribution is 0.407. The summed E-state index contributed by atoms with van der Waals surface area (Å²) in [6.07, 6.45) is 0. The van der Waals surface area contributed by atoms with Gasteiger partial charge in [0, 0.05) is 5.56 Å². The Morgan fingerprint density at radius 2 is 1.42 bits per heavy atom. The van der Waals surface area contributed by atoms with E-state index in [0.717, 1.165) is 22.7 Å². The van der Waals surface area contributed by atoms with E-state index >= 15 is 0 Å². The first kappa shape index (κ1) is 13.3. The van der Waals surface area contributed by atoms with Gasteiger partial charge in [0.15, 0.2) is 0 Å². The summed E-state index contributed by atoms with van der Waals surface area (Å²) < 4.78 is 10.7. The zero-order valence-electron chi connectivity index (χ0n) is 11.5. The van der Waals surface area contributed by atoms with Crippen LogP contribution in [0.4, 0.5) is 5.69 Å². The minimum absolute atomic E-state index is 0.132. The second-order valence-corrected chi connectivity index (χ2v) is 4.31. The molecule has 0 bridgehead atoms. The highest BCUT2D eigenvalue weighted by molar-refractivity contribution is 5.57. The van der Waals surface area contributed by atoms with Crippen LogP contribution in [0.1, 0.15) is 18.5 Å². The molecule has 1 atom stereocenters. The van der Waals surface area contributed by atoms with Crippen LogP contribution in [0.25, 0.3) is 0 Å². The number of hydrogen-bond acceptors (Lipinski definition) is 3. The van der Waals surface area contributed by atoms with E-state index in [9.17, 15) is 0 Å². The first-order valence-corrected chi connectivity index (χ1v) is 6.28. The predicted molar refractivity (Wildman–Crippen MR) is 78.0 cm³/mol. The number of benzene rings is 2. The summed E-state index contributed by atoms with van der Waals surface area (Å²) in [4.78, 5) is 0. The van der Waals surface area contributed by atoms with Crippen LogP contribution in [0, 0.1) is 0 Å². The van der Waals surface area contributed by atoms with Crippen molar-refractivity contribution in [3.63, 3.8) is 0 Å². The number of anilines is 1. The Bertz CT molecular complexity index is 540. The van der Waals surface area contributed by atoms with Crippen molar-refractivity contribution in [3.8, 4) is 11.5 Å². The summed E-state index contributed by atoms with van der Waals surface area (Å²) in [6.45, 7) is 2.10. The molecule has 0 aliphatic rings. The number of hydrogen-bond donors (Lipinski definition) is 1. The molecule has 0 radical (unpaired) electrons. The second kappa shape index (κ2) is 6.14. The first-order valence-electron chi connectivity index (χ1n) is 6.28. The smallest absolute Gasteiger partial charge is 0.141 e. The number of para-hydroxylation sites is 3. The molecule has 0 spiro atoms. The monoisotopic (exact) mass is 257 g/mol. The maximum atomic E-state index is 5.39. The van der Waals surface area contributed by atoms with Crippen molar-refractivity contribution in [3.05, 3.63) is 54.1 Å². The zero-order valence-corrected chi connectivity index (χ0v) is 11.5. The van der Waals surface area contributed by atoms with Crippen molar-refractivity contribution >= 4 is 5.69 Å². The zero-order chi connectivity index (χ0) is 13.7. The average molecular weight is 257 g/mol. The summed E-state index contributed by atoms with van der Waals surface area (Å²) in [5.74, 6) is 1.72. The largest absolute Gasteiger partial charge is 0.496 e. The minimum atomic E-state index is 0.132. The van der Waals surface area contributed by atoms with Gasteiger partial charge in [-0.3, -0.25) is 0 Å². The predicted octanol–water partition coefficient (Wildman–Crippen LogP) is 3.88. The Kier molecular flexibility index (Phi) is 4.29. The Balaban J connectivity index is 2.23. The molecule has 2 aromatic rings. The van der Waals surface area contributed by atoms with E-state index in [1.807, 2.05) is 42.5 Å². The van der Waals surface area contributed by atoms with Crippen LogP contribution in [0.5, 0.6) is 11.5 Å². The number of ether oxygens (including phenoxy) is 2. The molecule has 0 heterocycles. The molecule has 2 aromatic carbocycles. The summed E-state index contributed by atoms with van der Waals surface area (Å²) in [5, 5.41) is 3.45. The molecule has 0 aromatic heterocycles. The summed E-state index contributed by atoms with van der Waals surface area (Å²) in [5.41, 5.74) is 2.10. The standard InChI is InChI=1S/C16H19NO2/c1-12(13-8-4-6-10-15(13)18-2)17-14-9-5-7-11-16(14)19-3/h4-12,17H,1-3H3. The van der Waals surface area contributed by atoms with Gasteiger partial charge in [-0.1, -0.05) is 30.3 Å². The molecule has 0 aliphatic heterocycles. The fourth-order valence-electron chi connectivity index (χ4n) is 2.10. The molecule has 0 amide bonds. The van der Waals surface area contributed by atoms with Gasteiger partial charge in [0.25, 0.3) is 0 Å². The third-order valence-electron chi connectivity index (χ3n) is 3.08. The van der Waals surface area contributed by atoms with Gasteiger partial charge in [-0.2, -0.15) is 0 Å². The van der Waals surface area contributed by atoms with Gasteiger partial charge in [0.05, 0.1) is 25.9 Å². The quantitative estimate of drug-likeness (QED) is 0.881. The molecule has 3 heteroatoms. The van der Waals surface area contributed by atoms with Crippen molar-refractivity contribution in [2.45, 2.75) is 13.0 Å². The van der Waals surface area contributed by atoms with E-state index in [4.69, 9.17) is 9.47 Å². The van der Waals surface area contributed by atoms with Gasteiger partial charge in [0.2, 0.25) is 0 Å². The van der Waals surface area contributed by atoms with Crippen molar-refractivity contribution in [2.24, 2.45) is 0 Å². The Hall–Kier alpha value is -2.16. The van der Waals surface area contributed by atoms with Crippen molar-refractivity contribution < 1.29 is 9.47 Å². The molecule has 19 heavy (non-hydrogen) atoms. The SMILES string of the molecule is COc1ccccc1NC(C)c1ccccc1OC. The maximum Gasteiger partial charge on any atom is 0.141 e. The Morgan fingerprint density at radius 1 is 0.842 bits per heavy atom. The van der Waals surface area contributed by atoms with Crippen LogP contribution in [0.15, 0.2) is 48.5 Å². The highest BCUT2D eigenvalue weighted by atomic mass is 16.5. The normalized spacial score (nSPS) is 11.7. The number of rotatable bonds is 5. The van der Waals surface area contributed by atoms with Gasteiger partial charge in [-0.25, -0.2) is 0 Å². The third kappa shape index (κ3) is 2.99. The van der Waals surface area contributed by atoms with E-state index in [0.29, 0.717) is 0 Å². The van der Waals surface area contributed by atoms with Gasteiger partial charge in [-0.15, -0.1) is 0 Å². The highest BCUT2D eigenvalue weighted by Gasteiger charge is 2.12. The third-order valence-corrected chi connectivity index (χ3v) is 3.08. The van der Waals surface area contributed by atoms with Crippen LogP contribution in [0.2, 0.25) is 0 Å². The topological polar surface area (TPSA) is 30.5 Å². The molecular formula is C16H19NO2.